The summed E-state index contributed by atoms with van der Waals surface area (Å²) in [7, 11) is 0. The van der Waals surface area contributed by atoms with E-state index in [2.05, 4.69) is 6.92 Å². The molecule has 11 heavy (non-hydrogen) atoms. The van der Waals surface area contributed by atoms with Crippen molar-refractivity contribution in [2.45, 2.75) is 31.9 Å². The van der Waals surface area contributed by atoms with Gasteiger partial charge in [-0.15, -0.1) is 11.8 Å². The zero-order chi connectivity index (χ0) is 8.43. The monoisotopic (exact) mass is 172 g/mol. The Kier molecular flexibility index (Phi) is 2.60. The van der Waals surface area contributed by atoms with Crippen molar-refractivity contribution in [2.75, 3.05) is 0 Å². The normalized spacial score (nSPS) is 25.5. The SMILES string of the molecule is CC1=C(C(=O)O)CCC(C)S1. The third-order valence-electron chi connectivity index (χ3n) is 1.86. The molecule has 0 amide bonds. The smallest absolute Gasteiger partial charge is 0.332 e. The Morgan fingerprint density at radius 2 is 2.36 bits per heavy atom. The quantitative estimate of drug-likeness (QED) is 0.659. The van der Waals surface area contributed by atoms with E-state index < -0.39 is 5.97 Å². The highest BCUT2D eigenvalue weighted by Crippen LogP contribution is 2.34. The van der Waals surface area contributed by atoms with Crippen molar-refractivity contribution in [3.63, 3.8) is 0 Å². The molecule has 1 N–H and O–H groups in total. The Morgan fingerprint density at radius 1 is 1.73 bits per heavy atom. The molecular weight excluding hydrogens is 160 g/mol. The van der Waals surface area contributed by atoms with E-state index >= 15 is 0 Å². The number of thioether (sulfide) groups is 1. The van der Waals surface area contributed by atoms with Crippen LogP contribution < -0.4 is 0 Å². The summed E-state index contributed by atoms with van der Waals surface area (Å²) in [6.45, 7) is 4.02. The minimum atomic E-state index is -0.748. The Balaban J connectivity index is 2.78. The molecule has 1 rings (SSSR count). The summed E-state index contributed by atoms with van der Waals surface area (Å²) in [4.78, 5) is 11.6. The molecule has 1 aliphatic heterocycles. The van der Waals surface area contributed by atoms with Crippen molar-refractivity contribution >= 4 is 17.7 Å². The highest BCUT2D eigenvalue weighted by Gasteiger charge is 2.19. The van der Waals surface area contributed by atoms with Gasteiger partial charge in [0.25, 0.3) is 0 Å². The average molecular weight is 172 g/mol. The van der Waals surface area contributed by atoms with E-state index in [0.29, 0.717) is 10.8 Å². The van der Waals surface area contributed by atoms with Crippen LogP contribution in [0.5, 0.6) is 0 Å². The number of carbonyl (C=O) groups is 1. The largest absolute Gasteiger partial charge is 0.478 e. The van der Waals surface area contributed by atoms with Crippen molar-refractivity contribution in [1.29, 1.82) is 0 Å². The Hall–Kier alpha value is -0.440. The van der Waals surface area contributed by atoms with Crippen LogP contribution >= 0.6 is 11.8 Å². The maximum atomic E-state index is 10.6. The lowest BCUT2D eigenvalue weighted by Gasteiger charge is -2.19. The summed E-state index contributed by atoms with van der Waals surface area (Å²) in [6.07, 6.45) is 1.72. The first kappa shape index (κ1) is 8.65. The zero-order valence-electron chi connectivity index (χ0n) is 6.76. The van der Waals surface area contributed by atoms with Crippen molar-refractivity contribution in [3.8, 4) is 0 Å². The van der Waals surface area contributed by atoms with Crippen molar-refractivity contribution in [1.82, 2.24) is 0 Å². The first-order valence-corrected chi connectivity index (χ1v) is 4.59. The highest BCUT2D eigenvalue weighted by molar-refractivity contribution is 8.03. The standard InChI is InChI=1S/C8H12O2S/c1-5-3-4-7(8(9)10)6(2)11-5/h5H,3-4H2,1-2H3,(H,9,10). The van der Waals surface area contributed by atoms with Crippen LogP contribution in [0, 0.1) is 0 Å². The van der Waals surface area contributed by atoms with E-state index in [1.807, 2.05) is 6.92 Å². The van der Waals surface area contributed by atoms with Crippen LogP contribution in [0.2, 0.25) is 0 Å². The second-order valence-corrected chi connectivity index (χ2v) is 4.46. The van der Waals surface area contributed by atoms with E-state index in [-0.39, 0.29) is 0 Å². The highest BCUT2D eigenvalue weighted by atomic mass is 32.2. The van der Waals surface area contributed by atoms with Gasteiger partial charge in [-0.2, -0.15) is 0 Å². The molecule has 1 heterocycles. The number of carboxylic acid groups (broad SMARTS) is 1. The van der Waals surface area contributed by atoms with Gasteiger partial charge >= 0.3 is 5.97 Å². The molecule has 0 aromatic rings. The van der Waals surface area contributed by atoms with Gasteiger partial charge in [0, 0.05) is 10.8 Å². The third-order valence-corrected chi connectivity index (χ3v) is 3.10. The molecule has 0 aromatic heterocycles. The zero-order valence-corrected chi connectivity index (χ0v) is 7.57. The summed E-state index contributed by atoms with van der Waals surface area (Å²) in [6, 6.07) is 0. The van der Waals surface area contributed by atoms with Gasteiger partial charge in [0.1, 0.15) is 0 Å². The molecule has 0 saturated carbocycles. The molecule has 0 aliphatic carbocycles. The lowest BCUT2D eigenvalue weighted by Crippen LogP contribution is -2.11. The van der Waals surface area contributed by atoms with Gasteiger partial charge in [-0.25, -0.2) is 4.79 Å². The van der Waals surface area contributed by atoms with Gasteiger partial charge in [-0.1, -0.05) is 6.92 Å². The summed E-state index contributed by atoms with van der Waals surface area (Å²) in [5.74, 6) is -0.748. The van der Waals surface area contributed by atoms with E-state index in [1.54, 1.807) is 11.8 Å². The van der Waals surface area contributed by atoms with Crippen LogP contribution in [0.1, 0.15) is 26.7 Å². The molecule has 0 aromatic carbocycles. The van der Waals surface area contributed by atoms with Crippen molar-refractivity contribution < 1.29 is 9.90 Å². The predicted molar refractivity (Wildman–Crippen MR) is 46.6 cm³/mol. The summed E-state index contributed by atoms with van der Waals surface area (Å²) in [5.41, 5.74) is 0.605. The molecule has 1 unspecified atom stereocenters. The topological polar surface area (TPSA) is 37.3 Å². The lowest BCUT2D eigenvalue weighted by atomic mass is 10.1. The van der Waals surface area contributed by atoms with Gasteiger partial charge in [0.15, 0.2) is 0 Å². The number of allylic oxidation sites excluding steroid dienone is 1. The second-order valence-electron chi connectivity index (χ2n) is 2.81. The van der Waals surface area contributed by atoms with Crippen molar-refractivity contribution in [3.05, 3.63) is 10.5 Å². The molecule has 2 nitrogen and oxygen atoms in total. The fraction of sp³-hybridized carbons (Fsp3) is 0.625. The van der Waals surface area contributed by atoms with E-state index in [0.717, 1.165) is 17.7 Å². The fourth-order valence-corrected chi connectivity index (χ4v) is 2.38. The van der Waals surface area contributed by atoms with Gasteiger partial charge in [0.05, 0.1) is 0 Å². The molecular formula is C8H12O2S. The van der Waals surface area contributed by atoms with Gasteiger partial charge in [-0.05, 0) is 24.7 Å². The maximum Gasteiger partial charge on any atom is 0.332 e. The fourth-order valence-electron chi connectivity index (χ4n) is 1.21. The van der Waals surface area contributed by atoms with E-state index in [1.165, 1.54) is 0 Å². The number of aliphatic carboxylic acids is 1. The minimum absolute atomic E-state index is 0.582. The predicted octanol–water partition coefficient (Wildman–Crippen LogP) is 2.26. The molecule has 0 fully saturated rings. The van der Waals surface area contributed by atoms with Crippen molar-refractivity contribution in [2.24, 2.45) is 0 Å². The molecule has 0 spiro atoms. The molecule has 1 atom stereocenters. The number of rotatable bonds is 1. The number of hydrogen-bond acceptors (Lipinski definition) is 2. The Labute approximate surface area is 70.7 Å². The average Bonchev–Trinajstić information content (AvgIpc) is 1.85. The lowest BCUT2D eigenvalue weighted by molar-refractivity contribution is -0.132. The number of carboxylic acids is 1. The third kappa shape index (κ3) is 1.99. The van der Waals surface area contributed by atoms with E-state index in [4.69, 9.17) is 5.11 Å². The number of hydrogen-bond donors (Lipinski definition) is 1. The van der Waals surface area contributed by atoms with Crippen LogP contribution in [0.25, 0.3) is 0 Å². The summed E-state index contributed by atoms with van der Waals surface area (Å²) < 4.78 is 0. The summed E-state index contributed by atoms with van der Waals surface area (Å²) in [5, 5.41) is 9.31. The molecule has 3 heteroatoms. The Bertz CT molecular complexity index is 208. The molecule has 1 aliphatic rings. The first-order chi connectivity index (χ1) is 5.11. The summed E-state index contributed by atoms with van der Waals surface area (Å²) >= 11 is 1.68. The molecule has 0 radical (unpaired) electrons. The molecule has 0 bridgehead atoms. The molecule has 62 valence electrons. The van der Waals surface area contributed by atoms with Crippen LogP contribution in [0.3, 0.4) is 0 Å². The second kappa shape index (κ2) is 3.30. The van der Waals surface area contributed by atoms with Crippen LogP contribution in [-0.2, 0) is 4.79 Å². The van der Waals surface area contributed by atoms with Gasteiger partial charge in [0.2, 0.25) is 0 Å². The molecule has 0 saturated heterocycles. The first-order valence-electron chi connectivity index (χ1n) is 3.71. The Morgan fingerprint density at radius 3 is 2.82 bits per heavy atom. The maximum absolute atomic E-state index is 10.6. The van der Waals surface area contributed by atoms with Gasteiger partial charge in [-0.3, -0.25) is 0 Å². The van der Waals surface area contributed by atoms with Crippen LogP contribution in [0.15, 0.2) is 10.5 Å². The van der Waals surface area contributed by atoms with Crippen LogP contribution in [-0.4, -0.2) is 16.3 Å². The van der Waals surface area contributed by atoms with Crippen LogP contribution in [0.4, 0.5) is 0 Å². The minimum Gasteiger partial charge on any atom is -0.478 e. The van der Waals surface area contributed by atoms with E-state index in [9.17, 15) is 4.79 Å². The van der Waals surface area contributed by atoms with Gasteiger partial charge < -0.3 is 5.11 Å².